The average Bonchev–Trinajstić information content (AvgIpc) is 2.73. The number of halogens is 1. The second-order valence-electron chi connectivity index (χ2n) is 6.68. The second kappa shape index (κ2) is 7.44. The highest BCUT2D eigenvalue weighted by atomic mass is 35.5. The Morgan fingerprint density at radius 1 is 1.04 bits per heavy atom. The molecule has 1 aliphatic rings. The van der Waals surface area contributed by atoms with Gasteiger partial charge in [0.15, 0.2) is 0 Å². The highest BCUT2D eigenvalue weighted by Gasteiger charge is 2.34. The highest BCUT2D eigenvalue weighted by Crippen LogP contribution is 2.37. The zero-order valence-corrected chi connectivity index (χ0v) is 15.7. The lowest BCUT2D eigenvalue weighted by atomic mass is 9.87. The van der Waals surface area contributed by atoms with Gasteiger partial charge in [0, 0.05) is 17.6 Å². The fourth-order valence-corrected chi connectivity index (χ4v) is 3.94. The van der Waals surface area contributed by atoms with E-state index < -0.39 is 4.92 Å². The Balaban J connectivity index is 1.83. The largest absolute Gasteiger partial charge is 0.327 e. The smallest absolute Gasteiger partial charge is 0.283 e. The molecule has 0 radical (unpaired) electrons. The van der Waals surface area contributed by atoms with Crippen molar-refractivity contribution in [1.82, 2.24) is 4.90 Å². The zero-order chi connectivity index (χ0) is 19.7. The van der Waals surface area contributed by atoms with Crippen molar-refractivity contribution in [3.05, 3.63) is 110 Å². The fraction of sp³-hybridized carbons (Fsp3) is 0.136. The van der Waals surface area contributed by atoms with Gasteiger partial charge in [-0.3, -0.25) is 14.9 Å². The summed E-state index contributed by atoms with van der Waals surface area (Å²) >= 11 is 5.91. The van der Waals surface area contributed by atoms with Crippen molar-refractivity contribution in [1.29, 1.82) is 0 Å². The molecular weight excluding hydrogens is 376 g/mol. The van der Waals surface area contributed by atoms with Crippen molar-refractivity contribution in [3.8, 4) is 0 Å². The van der Waals surface area contributed by atoms with E-state index in [0.29, 0.717) is 13.0 Å². The molecule has 28 heavy (non-hydrogen) atoms. The first-order valence-corrected chi connectivity index (χ1v) is 9.31. The summed E-state index contributed by atoms with van der Waals surface area (Å²) in [4.78, 5) is 26.1. The van der Waals surface area contributed by atoms with Gasteiger partial charge in [-0.15, -0.1) is 0 Å². The Hall–Kier alpha value is -3.18. The van der Waals surface area contributed by atoms with Gasteiger partial charge in [-0.2, -0.15) is 0 Å². The van der Waals surface area contributed by atoms with E-state index in [0.717, 1.165) is 11.1 Å². The number of carbonyl (C=O) groups is 1. The first kappa shape index (κ1) is 18.2. The molecule has 1 amide bonds. The Bertz CT molecular complexity index is 1050. The standard InChI is InChI=1S/C22H17ClN2O3/c23-17-10-11-19(20(14-17)25(27)28)22(26)24-13-12-15-6-4-5-9-18(15)21(24)16-7-2-1-3-8-16/h1-11,14,21H,12-13H2. The van der Waals surface area contributed by atoms with Gasteiger partial charge in [0.1, 0.15) is 5.56 Å². The number of hydrogen-bond acceptors (Lipinski definition) is 3. The lowest BCUT2D eigenvalue weighted by Crippen LogP contribution is -2.40. The summed E-state index contributed by atoms with van der Waals surface area (Å²) in [7, 11) is 0. The van der Waals surface area contributed by atoms with Crippen molar-refractivity contribution >= 4 is 23.2 Å². The van der Waals surface area contributed by atoms with Gasteiger partial charge in [0.2, 0.25) is 0 Å². The van der Waals surface area contributed by atoms with E-state index in [9.17, 15) is 14.9 Å². The molecule has 0 fully saturated rings. The summed E-state index contributed by atoms with van der Waals surface area (Å²) in [5.74, 6) is -0.369. The lowest BCUT2D eigenvalue weighted by Gasteiger charge is -2.37. The summed E-state index contributed by atoms with van der Waals surface area (Å²) in [6.07, 6.45) is 0.701. The van der Waals surface area contributed by atoms with Crippen LogP contribution in [0.15, 0.2) is 72.8 Å². The average molecular weight is 393 g/mol. The Kier molecular flexibility index (Phi) is 4.84. The molecule has 4 rings (SSSR count). The van der Waals surface area contributed by atoms with Crippen LogP contribution < -0.4 is 0 Å². The Morgan fingerprint density at radius 2 is 1.75 bits per heavy atom. The molecule has 1 heterocycles. The van der Waals surface area contributed by atoms with E-state index in [1.54, 1.807) is 4.90 Å². The highest BCUT2D eigenvalue weighted by molar-refractivity contribution is 6.31. The molecule has 1 unspecified atom stereocenters. The van der Waals surface area contributed by atoms with Crippen LogP contribution in [0, 0.1) is 10.1 Å². The Morgan fingerprint density at radius 3 is 2.50 bits per heavy atom. The van der Waals surface area contributed by atoms with Crippen LogP contribution >= 0.6 is 11.6 Å². The number of carbonyl (C=O) groups excluding carboxylic acids is 1. The molecular formula is C22H17ClN2O3. The van der Waals surface area contributed by atoms with Crippen LogP contribution in [0.3, 0.4) is 0 Å². The minimum absolute atomic E-state index is 0.0507. The third-order valence-corrected chi connectivity index (χ3v) is 5.28. The maximum absolute atomic E-state index is 13.4. The van der Waals surface area contributed by atoms with Crippen LogP contribution in [0.4, 0.5) is 5.69 Å². The van der Waals surface area contributed by atoms with Gasteiger partial charge >= 0.3 is 0 Å². The molecule has 0 saturated heterocycles. The molecule has 0 aromatic heterocycles. The number of rotatable bonds is 3. The van der Waals surface area contributed by atoms with E-state index in [1.165, 1.54) is 23.8 Å². The first-order chi connectivity index (χ1) is 13.6. The van der Waals surface area contributed by atoms with E-state index in [4.69, 9.17) is 11.6 Å². The molecule has 5 nitrogen and oxygen atoms in total. The summed E-state index contributed by atoms with van der Waals surface area (Å²) in [5.41, 5.74) is 2.98. The summed E-state index contributed by atoms with van der Waals surface area (Å²) in [6.45, 7) is 0.481. The van der Waals surface area contributed by atoms with E-state index in [-0.39, 0.29) is 28.2 Å². The van der Waals surface area contributed by atoms with Gasteiger partial charge in [-0.05, 0) is 35.2 Å². The maximum atomic E-state index is 13.4. The van der Waals surface area contributed by atoms with Crippen molar-refractivity contribution in [2.45, 2.75) is 12.5 Å². The fourth-order valence-electron chi connectivity index (χ4n) is 3.77. The molecule has 3 aromatic carbocycles. The number of hydrogen-bond donors (Lipinski definition) is 0. The number of nitrogens with zero attached hydrogens (tertiary/aromatic N) is 2. The molecule has 0 spiro atoms. The van der Waals surface area contributed by atoms with Crippen LogP contribution in [-0.4, -0.2) is 22.3 Å². The molecule has 3 aromatic rings. The third kappa shape index (κ3) is 3.25. The number of benzene rings is 3. The number of nitro benzene ring substituents is 1. The molecule has 6 heteroatoms. The molecule has 0 aliphatic carbocycles. The predicted octanol–water partition coefficient (Wildman–Crippen LogP) is 5.04. The van der Waals surface area contributed by atoms with Gasteiger partial charge in [-0.1, -0.05) is 66.2 Å². The molecule has 0 saturated carbocycles. The third-order valence-electron chi connectivity index (χ3n) is 5.05. The molecule has 1 atom stereocenters. The van der Waals surface area contributed by atoms with Crippen molar-refractivity contribution in [3.63, 3.8) is 0 Å². The molecule has 0 bridgehead atoms. The molecule has 1 aliphatic heterocycles. The second-order valence-corrected chi connectivity index (χ2v) is 7.12. The van der Waals surface area contributed by atoms with Crippen molar-refractivity contribution in [2.75, 3.05) is 6.54 Å². The van der Waals surface area contributed by atoms with Crippen LogP contribution in [0.2, 0.25) is 5.02 Å². The molecule has 0 N–H and O–H groups in total. The minimum atomic E-state index is -0.561. The maximum Gasteiger partial charge on any atom is 0.283 e. The van der Waals surface area contributed by atoms with E-state index in [2.05, 4.69) is 6.07 Å². The number of fused-ring (bicyclic) bond motifs is 1. The minimum Gasteiger partial charge on any atom is -0.327 e. The normalized spacial score (nSPS) is 15.8. The van der Waals surface area contributed by atoms with Crippen LogP contribution in [-0.2, 0) is 6.42 Å². The summed E-state index contributed by atoms with van der Waals surface area (Å²) in [5, 5.41) is 11.7. The Labute approximate surface area is 167 Å². The number of nitro groups is 1. The van der Waals surface area contributed by atoms with E-state index >= 15 is 0 Å². The zero-order valence-electron chi connectivity index (χ0n) is 14.9. The topological polar surface area (TPSA) is 63.4 Å². The SMILES string of the molecule is O=C(c1ccc(Cl)cc1[N+](=O)[O-])N1CCc2ccccc2C1c1ccccc1. The van der Waals surface area contributed by atoms with Gasteiger partial charge in [-0.25, -0.2) is 0 Å². The van der Waals surface area contributed by atoms with Gasteiger partial charge in [0.05, 0.1) is 11.0 Å². The van der Waals surface area contributed by atoms with Crippen LogP contribution in [0.25, 0.3) is 0 Å². The van der Waals surface area contributed by atoms with E-state index in [1.807, 2.05) is 48.5 Å². The predicted molar refractivity (Wildman–Crippen MR) is 108 cm³/mol. The molecule has 140 valence electrons. The lowest BCUT2D eigenvalue weighted by molar-refractivity contribution is -0.385. The van der Waals surface area contributed by atoms with Crippen molar-refractivity contribution in [2.24, 2.45) is 0 Å². The van der Waals surface area contributed by atoms with Crippen molar-refractivity contribution < 1.29 is 9.72 Å². The van der Waals surface area contributed by atoms with Crippen LogP contribution in [0.5, 0.6) is 0 Å². The monoisotopic (exact) mass is 392 g/mol. The summed E-state index contributed by atoms with van der Waals surface area (Å²) in [6, 6.07) is 21.6. The van der Waals surface area contributed by atoms with Gasteiger partial charge < -0.3 is 4.90 Å². The first-order valence-electron chi connectivity index (χ1n) is 8.94. The van der Waals surface area contributed by atoms with Gasteiger partial charge in [0.25, 0.3) is 11.6 Å². The summed E-state index contributed by atoms with van der Waals surface area (Å²) < 4.78 is 0. The number of amides is 1. The quantitative estimate of drug-likeness (QED) is 0.463. The van der Waals surface area contributed by atoms with Crippen LogP contribution in [0.1, 0.15) is 33.1 Å².